The number of hydrogen-bond donors (Lipinski definition) is 1. The van der Waals surface area contributed by atoms with E-state index >= 15 is 0 Å². The Morgan fingerprint density at radius 1 is 1.33 bits per heavy atom. The van der Waals surface area contributed by atoms with Crippen LogP contribution in [0.3, 0.4) is 0 Å². The predicted octanol–water partition coefficient (Wildman–Crippen LogP) is 2.80. The molecule has 0 spiro atoms. The largest absolute Gasteiger partial charge is 0.317 e. The van der Waals surface area contributed by atoms with E-state index in [1.165, 1.54) is 6.07 Å². The third-order valence-corrected chi connectivity index (χ3v) is 3.67. The third kappa shape index (κ3) is 3.11. The molecule has 0 saturated carbocycles. The number of hydrogen-bond acceptors (Lipinski definition) is 4. The van der Waals surface area contributed by atoms with Crippen LogP contribution < -0.4 is 5.32 Å². The number of likely N-dealkylation sites (N-methyl/N-ethyl adjacent to an activating group) is 1. The van der Waals surface area contributed by atoms with Crippen LogP contribution in [-0.2, 0) is 6.42 Å². The zero-order chi connectivity index (χ0) is 13.0. The number of aryl methyl sites for hydroxylation is 1. The maximum absolute atomic E-state index is 13.2. The van der Waals surface area contributed by atoms with Crippen LogP contribution in [0.1, 0.15) is 17.5 Å². The summed E-state index contributed by atoms with van der Waals surface area (Å²) >= 11 is 1.57. The Bertz CT molecular complexity index is 525. The highest BCUT2D eigenvalue weighted by atomic mass is 32.1. The Kier molecular flexibility index (Phi) is 4.38. The number of rotatable bonds is 5. The van der Waals surface area contributed by atoms with Gasteiger partial charge in [-0.3, -0.25) is 0 Å². The van der Waals surface area contributed by atoms with Crippen molar-refractivity contribution in [1.82, 2.24) is 15.5 Å². The van der Waals surface area contributed by atoms with Gasteiger partial charge in [0.1, 0.15) is 15.8 Å². The van der Waals surface area contributed by atoms with Crippen LogP contribution in [-0.4, -0.2) is 23.3 Å². The molecule has 96 valence electrons. The van der Waals surface area contributed by atoms with E-state index in [4.69, 9.17) is 0 Å². The second kappa shape index (κ2) is 6.02. The summed E-state index contributed by atoms with van der Waals surface area (Å²) in [5.41, 5.74) is 1.57. The summed E-state index contributed by atoms with van der Waals surface area (Å²) in [5, 5.41) is 13.4. The van der Waals surface area contributed by atoms with E-state index in [-0.39, 0.29) is 5.82 Å². The van der Waals surface area contributed by atoms with Gasteiger partial charge in [-0.2, -0.15) is 0 Å². The summed E-state index contributed by atoms with van der Waals surface area (Å²) in [4.78, 5) is 0. The summed E-state index contributed by atoms with van der Waals surface area (Å²) in [6, 6.07) is 5.03. The summed E-state index contributed by atoms with van der Waals surface area (Å²) in [5.74, 6) is -0.185. The smallest absolute Gasteiger partial charge is 0.147 e. The van der Waals surface area contributed by atoms with Gasteiger partial charge < -0.3 is 5.32 Å². The third-order valence-electron chi connectivity index (χ3n) is 2.64. The SMILES string of the molecule is CCNCCc1nnc(-c2ccc(F)c(C)c2)s1. The van der Waals surface area contributed by atoms with Crippen molar-refractivity contribution in [3.05, 3.63) is 34.6 Å². The van der Waals surface area contributed by atoms with E-state index in [1.807, 2.05) is 6.07 Å². The highest BCUT2D eigenvalue weighted by molar-refractivity contribution is 7.14. The van der Waals surface area contributed by atoms with E-state index in [2.05, 4.69) is 22.4 Å². The second-order valence-electron chi connectivity index (χ2n) is 4.07. The minimum absolute atomic E-state index is 0.185. The fraction of sp³-hybridized carbons (Fsp3) is 0.385. The molecule has 0 amide bonds. The molecular weight excluding hydrogens is 249 g/mol. The van der Waals surface area contributed by atoms with Gasteiger partial charge in [-0.15, -0.1) is 10.2 Å². The first-order valence-corrected chi connectivity index (χ1v) is 6.82. The standard InChI is InChI=1S/C13H16FN3S/c1-3-15-7-6-12-16-17-13(18-12)10-4-5-11(14)9(2)8-10/h4-5,8,15H,3,6-7H2,1-2H3. The van der Waals surface area contributed by atoms with Gasteiger partial charge in [-0.05, 0) is 37.2 Å². The predicted molar refractivity (Wildman–Crippen MR) is 72.3 cm³/mol. The maximum Gasteiger partial charge on any atom is 0.147 e. The molecule has 0 aliphatic heterocycles. The number of benzene rings is 1. The molecule has 1 aromatic heterocycles. The minimum Gasteiger partial charge on any atom is -0.317 e. The molecule has 18 heavy (non-hydrogen) atoms. The van der Waals surface area contributed by atoms with Crippen molar-refractivity contribution in [2.75, 3.05) is 13.1 Å². The minimum atomic E-state index is -0.185. The Labute approximate surface area is 110 Å². The Balaban J connectivity index is 2.11. The Hall–Kier alpha value is -1.33. The van der Waals surface area contributed by atoms with Crippen LogP contribution in [0.4, 0.5) is 4.39 Å². The molecule has 0 radical (unpaired) electrons. The number of nitrogens with zero attached hydrogens (tertiary/aromatic N) is 2. The number of aromatic nitrogens is 2. The zero-order valence-corrected chi connectivity index (χ0v) is 11.4. The first-order chi connectivity index (χ1) is 8.70. The van der Waals surface area contributed by atoms with Gasteiger partial charge in [-0.25, -0.2) is 4.39 Å². The maximum atomic E-state index is 13.2. The summed E-state index contributed by atoms with van der Waals surface area (Å²) in [6.07, 6.45) is 0.881. The first kappa shape index (κ1) is 13.1. The Morgan fingerprint density at radius 2 is 2.17 bits per heavy atom. The van der Waals surface area contributed by atoms with Crippen molar-refractivity contribution in [3.63, 3.8) is 0 Å². The molecular formula is C13H16FN3S. The van der Waals surface area contributed by atoms with Gasteiger partial charge in [0, 0.05) is 18.5 Å². The molecule has 1 heterocycles. The molecule has 1 aromatic carbocycles. The van der Waals surface area contributed by atoms with Gasteiger partial charge in [0.15, 0.2) is 0 Å². The van der Waals surface area contributed by atoms with Crippen LogP contribution in [0.2, 0.25) is 0 Å². The number of nitrogens with one attached hydrogen (secondary N) is 1. The molecule has 1 N–H and O–H groups in total. The van der Waals surface area contributed by atoms with E-state index < -0.39 is 0 Å². The van der Waals surface area contributed by atoms with Crippen LogP contribution in [0.25, 0.3) is 10.6 Å². The normalized spacial score (nSPS) is 10.8. The fourth-order valence-corrected chi connectivity index (χ4v) is 2.46. The van der Waals surface area contributed by atoms with Crippen molar-refractivity contribution in [2.24, 2.45) is 0 Å². The molecule has 2 aromatic rings. The Morgan fingerprint density at radius 3 is 2.89 bits per heavy atom. The highest BCUT2D eigenvalue weighted by Crippen LogP contribution is 2.25. The van der Waals surface area contributed by atoms with Crippen molar-refractivity contribution in [3.8, 4) is 10.6 Å². The molecule has 3 nitrogen and oxygen atoms in total. The highest BCUT2D eigenvalue weighted by Gasteiger charge is 2.08. The lowest BCUT2D eigenvalue weighted by Gasteiger charge is -1.99. The summed E-state index contributed by atoms with van der Waals surface area (Å²) in [6.45, 7) is 5.70. The van der Waals surface area contributed by atoms with Crippen molar-refractivity contribution in [1.29, 1.82) is 0 Å². The lowest BCUT2D eigenvalue weighted by molar-refractivity contribution is 0.619. The van der Waals surface area contributed by atoms with Crippen LogP contribution in [0.15, 0.2) is 18.2 Å². The van der Waals surface area contributed by atoms with Crippen molar-refractivity contribution in [2.45, 2.75) is 20.3 Å². The zero-order valence-electron chi connectivity index (χ0n) is 10.5. The van der Waals surface area contributed by atoms with E-state index in [9.17, 15) is 4.39 Å². The second-order valence-corrected chi connectivity index (χ2v) is 5.13. The van der Waals surface area contributed by atoms with Gasteiger partial charge in [0.2, 0.25) is 0 Å². The molecule has 5 heteroatoms. The molecule has 0 aliphatic rings. The van der Waals surface area contributed by atoms with Gasteiger partial charge in [-0.1, -0.05) is 18.3 Å². The van der Waals surface area contributed by atoms with Gasteiger partial charge >= 0.3 is 0 Å². The average molecular weight is 265 g/mol. The molecule has 0 fully saturated rings. The topological polar surface area (TPSA) is 37.8 Å². The summed E-state index contributed by atoms with van der Waals surface area (Å²) in [7, 11) is 0. The van der Waals surface area contributed by atoms with E-state index in [1.54, 1.807) is 24.3 Å². The summed E-state index contributed by atoms with van der Waals surface area (Å²) < 4.78 is 13.2. The molecule has 2 rings (SSSR count). The molecule has 0 unspecified atom stereocenters. The average Bonchev–Trinajstić information content (AvgIpc) is 2.82. The van der Waals surface area contributed by atoms with Gasteiger partial charge in [0.25, 0.3) is 0 Å². The lowest BCUT2D eigenvalue weighted by atomic mass is 10.1. The molecule has 0 bridgehead atoms. The van der Waals surface area contributed by atoms with Crippen LogP contribution in [0.5, 0.6) is 0 Å². The fourth-order valence-electron chi connectivity index (χ4n) is 1.62. The molecule has 0 saturated heterocycles. The molecule has 0 atom stereocenters. The lowest BCUT2D eigenvalue weighted by Crippen LogP contribution is -2.15. The van der Waals surface area contributed by atoms with Gasteiger partial charge in [0.05, 0.1) is 0 Å². The van der Waals surface area contributed by atoms with Crippen molar-refractivity contribution >= 4 is 11.3 Å². The monoisotopic (exact) mass is 265 g/mol. The quantitative estimate of drug-likeness (QED) is 0.845. The van der Waals surface area contributed by atoms with Crippen LogP contribution in [0, 0.1) is 12.7 Å². The first-order valence-electron chi connectivity index (χ1n) is 6.00. The van der Waals surface area contributed by atoms with Crippen molar-refractivity contribution < 1.29 is 4.39 Å². The van der Waals surface area contributed by atoms with E-state index in [0.29, 0.717) is 5.56 Å². The van der Waals surface area contributed by atoms with E-state index in [0.717, 1.165) is 35.1 Å². The molecule has 0 aliphatic carbocycles. The number of halogens is 1. The van der Waals surface area contributed by atoms with Crippen LogP contribution >= 0.6 is 11.3 Å².